The second-order valence-electron chi connectivity index (χ2n) is 20.5. The van der Waals surface area contributed by atoms with E-state index in [1.165, 1.54) is 70.7 Å². The maximum absolute atomic E-state index is 14.0. The average molecular weight is 1890 g/mol. The molecule has 4 aromatic heterocycles. The molecule has 0 fully saturated rings. The van der Waals surface area contributed by atoms with Crippen molar-refractivity contribution >= 4 is 61.9 Å². The molecule has 19 nitrogen and oxygen atoms in total. The molecule has 8 aromatic rings. The predicted octanol–water partition coefficient (Wildman–Crippen LogP) is 9.75. The number of aromatic nitrogens is 8. The number of hydrogen-bond donors (Lipinski definition) is 1. The van der Waals surface area contributed by atoms with Gasteiger partial charge in [-0.2, -0.15) is 261 Å². The zero-order valence-electron chi connectivity index (χ0n) is 55.5. The van der Waals surface area contributed by atoms with Crippen molar-refractivity contribution in [2.24, 2.45) is 0 Å². The van der Waals surface area contributed by atoms with E-state index in [0.717, 1.165) is 77.4 Å². The summed E-state index contributed by atoms with van der Waals surface area (Å²) in [5.74, 6) is -0.371. The first kappa shape index (κ1) is 104. The molecule has 49 heteroatoms. The van der Waals surface area contributed by atoms with Crippen molar-refractivity contribution in [3.8, 4) is 0 Å². The number of alkyl halides is 21. The second kappa shape index (κ2) is 41.1. The van der Waals surface area contributed by atoms with Crippen molar-refractivity contribution in [1.82, 2.24) is 39.2 Å². The molecule has 1 aliphatic carbocycles. The van der Waals surface area contributed by atoms with Crippen molar-refractivity contribution in [2.45, 2.75) is 127 Å². The van der Waals surface area contributed by atoms with E-state index in [-0.39, 0.29) is 193 Å². The molecule has 561 valence electrons. The summed E-state index contributed by atoms with van der Waals surface area (Å²) in [7, 11) is -20.1. The Morgan fingerprint density at radius 2 is 0.914 bits per heavy atom. The number of hydrogen-bond acceptors (Lipinski definition) is 17. The molecule has 0 amide bonds. The fraction of sp³-hybridized carbons (Fsp3) is 0.375. The Kier molecular flexibility index (Phi) is 40.8. The number of aryl methyl sites for hydroxylation is 7. The first-order chi connectivity index (χ1) is 45.1. The van der Waals surface area contributed by atoms with Gasteiger partial charge in [0.2, 0.25) is 5.78 Å². The molecule has 4 aromatic carbocycles. The van der Waals surface area contributed by atoms with Crippen LogP contribution in [0.15, 0.2) is 85.5 Å². The number of fused-ring (bicyclic) bond motifs is 6. The van der Waals surface area contributed by atoms with E-state index in [1.54, 1.807) is 40.1 Å². The van der Waals surface area contributed by atoms with Crippen LogP contribution in [-0.2, 0) is 188 Å². The first-order valence-electron chi connectivity index (χ1n) is 27.0. The van der Waals surface area contributed by atoms with Gasteiger partial charge < -0.3 is 11.4 Å². The number of carbonyl (C=O) groups is 1. The number of anilines is 1. The Hall–Kier alpha value is -2.81. The van der Waals surface area contributed by atoms with Gasteiger partial charge in [0.15, 0.2) is 6.10 Å². The molecular weight excluding hydrogens is 1840 g/mol. The molecule has 10 rings (SSSR count). The third-order valence-corrected chi connectivity index (χ3v) is 16.7. The molecule has 1 aliphatic heterocycles. The van der Waals surface area contributed by atoms with Crippen molar-refractivity contribution in [1.29, 1.82) is 0 Å². The standard InChI is InChI=1S/C17H15F3N5.C10H7F6O3S.C9H8F3O.C9H6F3O.C9H10N4.C2F6O5S2.B.Na.4Y.H/c1-10-3-5-12(6-4-10)14(17(18,19)20)24-8-7-13-11(2)23-16-21-9-22-25(16)15(13)24;1-6-2-4-7(5-3-6)8(9(11,12)13)19-20(17,18)10(14,15)16;2*1-6-2-4-7(5-3-6)8(13)9(10,11)12;1-6-7-3-2-4-8(7)13-9(12-6)10-5-11-13;3-1(4,5)14(9,10)13-15(11,12)2(6,7)8;;;;;;;/h3,5-6,9,14H,7-8H2,1-2H3;2,4-5,8H,1H3;2,4-5,8,13H,1H3;2,4-5H,1H3;5H,2-4H2,1H3;;;;;;;;/q4*-1;;;;+1;;;;;-1. The van der Waals surface area contributed by atoms with Crippen LogP contribution in [0.2, 0.25) is 0 Å². The smallest absolute Gasteiger partial charge is 1.00 e. The van der Waals surface area contributed by atoms with E-state index in [4.69, 9.17) is 5.11 Å². The number of aliphatic hydroxyl groups is 1. The molecule has 0 saturated heterocycles. The summed E-state index contributed by atoms with van der Waals surface area (Å²) in [6.07, 6.45) is -18.0. The van der Waals surface area contributed by atoms with E-state index in [9.17, 15) is 122 Å². The van der Waals surface area contributed by atoms with Gasteiger partial charge in [-0.25, -0.2) is 14.5 Å². The van der Waals surface area contributed by atoms with E-state index in [1.807, 2.05) is 8.14 Å². The largest absolute Gasteiger partial charge is 1.00 e. The van der Waals surface area contributed by atoms with E-state index < -0.39 is 101 Å². The number of carbonyl (C=O) groups excluding carboxylic acids is 1. The molecule has 3 atom stereocenters. The Morgan fingerprint density at radius 1 is 0.514 bits per heavy atom. The number of halogens is 21. The second-order valence-corrected chi connectivity index (χ2v) is 25.4. The molecule has 0 saturated carbocycles. The Labute approximate surface area is 710 Å². The van der Waals surface area contributed by atoms with Crippen molar-refractivity contribution in [3.05, 3.63) is 182 Å². The summed E-state index contributed by atoms with van der Waals surface area (Å²) < 4.78 is 326. The minimum absolute atomic E-state index is 0. The third-order valence-electron chi connectivity index (χ3n) is 13.1. The van der Waals surface area contributed by atoms with E-state index >= 15 is 0 Å². The number of aliphatic hydroxyl groups excluding tert-OH is 1. The maximum Gasteiger partial charge on any atom is 1.00 e. The summed E-state index contributed by atoms with van der Waals surface area (Å²) in [6, 6.07) is 23.3. The van der Waals surface area contributed by atoms with Crippen LogP contribution >= 0.6 is 0 Å². The Balaban J connectivity index is -0.00000121. The van der Waals surface area contributed by atoms with Gasteiger partial charge >= 0.3 is 101 Å². The van der Waals surface area contributed by atoms with Crippen LogP contribution in [0.4, 0.5) is 98.0 Å². The fourth-order valence-corrected chi connectivity index (χ4v) is 10.6. The number of rotatable bonds is 9. The molecule has 5 heterocycles. The van der Waals surface area contributed by atoms with E-state index in [0.29, 0.717) is 34.8 Å². The van der Waals surface area contributed by atoms with Crippen LogP contribution in [0.25, 0.3) is 11.6 Å². The Bertz CT molecular complexity index is 4440. The van der Waals surface area contributed by atoms with Crippen LogP contribution in [-0.4, -0.2) is 131 Å². The van der Waals surface area contributed by atoms with Gasteiger partial charge in [-0.3, -0.25) is 8.98 Å². The molecule has 3 unspecified atom stereocenters. The average Bonchev–Trinajstić information content (AvgIpc) is 1.59. The van der Waals surface area contributed by atoms with Gasteiger partial charge in [-0.1, -0.05) is 33.3 Å². The van der Waals surface area contributed by atoms with E-state index in [2.05, 4.69) is 65.5 Å². The zero-order valence-corrected chi connectivity index (χ0v) is 70.3. The van der Waals surface area contributed by atoms with Crippen LogP contribution < -0.4 is 34.5 Å². The predicted molar refractivity (Wildman–Crippen MR) is 307 cm³/mol. The van der Waals surface area contributed by atoms with Gasteiger partial charge in [-0.15, -0.1) is 20.3 Å². The minimum Gasteiger partial charge on any atom is -1.00 e. The van der Waals surface area contributed by atoms with Crippen molar-refractivity contribution in [2.75, 3.05) is 11.4 Å². The number of nitrogens with zero attached hydrogens (tertiary/aromatic N) is 9. The Morgan fingerprint density at radius 3 is 1.30 bits per heavy atom. The van der Waals surface area contributed by atoms with Crippen LogP contribution in [0.5, 0.6) is 0 Å². The molecule has 1 N–H and O–H groups in total. The topological polar surface area (TPSA) is 248 Å². The van der Waals surface area contributed by atoms with Crippen LogP contribution in [0.3, 0.4) is 0 Å². The van der Waals surface area contributed by atoms with Gasteiger partial charge in [0, 0.05) is 163 Å². The molecule has 2 aliphatic rings. The van der Waals surface area contributed by atoms with Gasteiger partial charge in [-0.05, 0) is 45.1 Å². The summed E-state index contributed by atoms with van der Waals surface area (Å²) >= 11 is 0. The number of ketones is 1. The summed E-state index contributed by atoms with van der Waals surface area (Å²) in [6.45, 7) is 10.8. The molecule has 0 spiro atoms. The molecular formula is C56H47BF21N9NaO10S3Y4-4. The van der Waals surface area contributed by atoms with Crippen molar-refractivity contribution < 1.29 is 297 Å². The third kappa shape index (κ3) is 28.7. The number of benzene rings is 4. The molecule has 7 radical (unpaired) electrons. The minimum atomic E-state index is -6.85. The fourth-order valence-electron chi connectivity index (χ4n) is 8.48. The van der Waals surface area contributed by atoms with Crippen LogP contribution in [0, 0.1) is 65.8 Å². The maximum atomic E-state index is 14.0. The first-order valence-corrected chi connectivity index (χ1v) is 31.2. The van der Waals surface area contributed by atoms with Crippen molar-refractivity contribution in [3.63, 3.8) is 0 Å². The van der Waals surface area contributed by atoms with Gasteiger partial charge in [0.05, 0.1) is 5.69 Å². The summed E-state index contributed by atoms with van der Waals surface area (Å²) in [5.41, 5.74) is -11.7. The summed E-state index contributed by atoms with van der Waals surface area (Å²) in [4.78, 5) is 28.8. The van der Waals surface area contributed by atoms with Gasteiger partial charge in [0.1, 0.15) is 30.6 Å². The van der Waals surface area contributed by atoms with Gasteiger partial charge in [0.25, 0.3) is 11.6 Å². The number of Topliss-reactive ketones (excluding diaryl/α,β-unsaturated/α-hetero) is 1. The van der Waals surface area contributed by atoms with Crippen LogP contribution in [0.1, 0.15) is 104 Å². The monoisotopic (exact) mass is 1890 g/mol. The SMILES string of the molecule is Cc1[c-]cc(C(=O)C(F)(F)F)cc1.Cc1[c-]cc(C(N2CCc3c(C)nc4ncnn4c32)C(F)(F)F)cc1.Cc1[c-]cc(C(O)C(F)(F)F)cc1.Cc1[c-]cc(C(OS(=O)(=O)C(F)(F)F)C(F)(F)F)cc1.Cc1nc2ncnn2c2c1CCC2.O=S(=O)(OS(=O)(=O)C(F)(F)F)C(F)(F)F.[B].[H-].[Na+].[Y].[Y].[Y].[Y]. The molecule has 105 heavy (non-hydrogen) atoms. The quantitative estimate of drug-likeness (QED) is 0.0353. The zero-order chi connectivity index (χ0) is 75.2. The summed E-state index contributed by atoms with van der Waals surface area (Å²) in [5, 5.41) is 17.1. The normalized spacial score (nSPS) is 13.8. The molecule has 0 bridgehead atoms.